The summed E-state index contributed by atoms with van der Waals surface area (Å²) in [5.74, 6) is 0.0355. The third-order valence-electron chi connectivity index (χ3n) is 2.46. The van der Waals surface area contributed by atoms with Gasteiger partial charge in [0.2, 0.25) is 0 Å². The van der Waals surface area contributed by atoms with Gasteiger partial charge in [0.15, 0.2) is 5.78 Å². The number of rotatable bonds is 0. The SMILES string of the molecule is CC1CN(C(=O)OC(C)(C)C)C(C)C1=O. The fourth-order valence-corrected chi connectivity index (χ4v) is 1.66. The van der Waals surface area contributed by atoms with Crippen LogP contribution in [-0.2, 0) is 9.53 Å². The van der Waals surface area contributed by atoms with Crippen molar-refractivity contribution in [3.05, 3.63) is 0 Å². The van der Waals surface area contributed by atoms with Gasteiger partial charge in [-0.2, -0.15) is 0 Å². The number of carbonyl (C=O) groups is 2. The number of Topliss-reactive ketones (excluding diaryl/α,β-unsaturated/α-hetero) is 1. The van der Waals surface area contributed by atoms with Crippen LogP contribution in [0.3, 0.4) is 0 Å². The molecule has 0 aromatic rings. The summed E-state index contributed by atoms with van der Waals surface area (Å²) < 4.78 is 5.22. The lowest BCUT2D eigenvalue weighted by molar-refractivity contribution is -0.121. The number of carbonyl (C=O) groups excluding carboxylic acids is 2. The average molecular weight is 213 g/mol. The van der Waals surface area contributed by atoms with E-state index in [1.165, 1.54) is 4.90 Å². The van der Waals surface area contributed by atoms with Gasteiger partial charge in [-0.15, -0.1) is 0 Å². The second-order valence-corrected chi connectivity index (χ2v) is 5.11. The van der Waals surface area contributed by atoms with Crippen LogP contribution in [0.4, 0.5) is 4.79 Å². The molecule has 86 valence electrons. The van der Waals surface area contributed by atoms with Crippen LogP contribution >= 0.6 is 0 Å². The molecule has 1 aliphatic heterocycles. The highest BCUT2D eigenvalue weighted by atomic mass is 16.6. The summed E-state index contributed by atoms with van der Waals surface area (Å²) in [5.41, 5.74) is -0.508. The van der Waals surface area contributed by atoms with E-state index in [0.29, 0.717) is 6.54 Å². The maximum absolute atomic E-state index is 11.7. The molecule has 1 amide bonds. The van der Waals surface area contributed by atoms with Gasteiger partial charge in [-0.3, -0.25) is 9.69 Å². The molecule has 1 heterocycles. The van der Waals surface area contributed by atoms with E-state index in [0.717, 1.165) is 0 Å². The second kappa shape index (κ2) is 3.83. The number of hydrogen-bond donors (Lipinski definition) is 0. The number of nitrogens with zero attached hydrogens (tertiary/aromatic N) is 1. The molecule has 0 radical (unpaired) electrons. The van der Waals surface area contributed by atoms with Crippen LogP contribution in [0.5, 0.6) is 0 Å². The Bertz CT molecular complexity index is 280. The predicted molar refractivity (Wildman–Crippen MR) is 56.6 cm³/mol. The van der Waals surface area contributed by atoms with E-state index in [2.05, 4.69) is 0 Å². The quantitative estimate of drug-likeness (QED) is 0.616. The van der Waals surface area contributed by atoms with Gasteiger partial charge >= 0.3 is 6.09 Å². The maximum atomic E-state index is 11.7. The Morgan fingerprint density at radius 3 is 2.27 bits per heavy atom. The van der Waals surface area contributed by atoms with Crippen LogP contribution in [0.15, 0.2) is 0 Å². The summed E-state index contributed by atoms with van der Waals surface area (Å²) in [6.07, 6.45) is -0.396. The van der Waals surface area contributed by atoms with Crippen molar-refractivity contribution in [2.45, 2.75) is 46.3 Å². The van der Waals surface area contributed by atoms with Crippen LogP contribution in [0, 0.1) is 5.92 Å². The standard InChI is InChI=1S/C11H19NO3/c1-7-6-12(8(2)9(7)13)10(14)15-11(3,4)5/h7-8H,6H2,1-5H3. The summed E-state index contributed by atoms with van der Waals surface area (Å²) in [6.45, 7) is 9.50. The molecular weight excluding hydrogens is 194 g/mol. The minimum Gasteiger partial charge on any atom is -0.444 e. The Morgan fingerprint density at radius 2 is 1.93 bits per heavy atom. The zero-order valence-electron chi connectivity index (χ0n) is 10.0. The van der Waals surface area contributed by atoms with E-state index in [-0.39, 0.29) is 17.7 Å². The van der Waals surface area contributed by atoms with Crippen LogP contribution in [0.25, 0.3) is 0 Å². The highest BCUT2D eigenvalue weighted by Crippen LogP contribution is 2.21. The zero-order chi connectivity index (χ0) is 11.8. The molecule has 4 nitrogen and oxygen atoms in total. The van der Waals surface area contributed by atoms with E-state index in [1.54, 1.807) is 6.92 Å². The molecule has 2 atom stereocenters. The summed E-state index contributed by atoms with van der Waals surface area (Å²) >= 11 is 0. The van der Waals surface area contributed by atoms with Crippen LogP contribution < -0.4 is 0 Å². The van der Waals surface area contributed by atoms with E-state index >= 15 is 0 Å². The van der Waals surface area contributed by atoms with Gasteiger partial charge in [0.1, 0.15) is 5.60 Å². The van der Waals surface area contributed by atoms with Crippen molar-refractivity contribution < 1.29 is 14.3 Å². The van der Waals surface area contributed by atoms with Crippen molar-refractivity contribution in [3.8, 4) is 0 Å². The average Bonchev–Trinajstić information content (AvgIpc) is 2.30. The first-order chi connectivity index (χ1) is 6.72. The topological polar surface area (TPSA) is 46.6 Å². The van der Waals surface area contributed by atoms with Crippen LogP contribution in [-0.4, -0.2) is 35.0 Å². The minimum absolute atomic E-state index is 0.0764. The molecule has 0 aliphatic carbocycles. The van der Waals surface area contributed by atoms with Gasteiger partial charge in [-0.1, -0.05) is 6.92 Å². The van der Waals surface area contributed by atoms with Gasteiger partial charge < -0.3 is 4.74 Å². The Balaban J connectivity index is 2.66. The van der Waals surface area contributed by atoms with Crippen molar-refractivity contribution in [1.82, 2.24) is 4.90 Å². The van der Waals surface area contributed by atoms with Crippen molar-refractivity contribution in [2.24, 2.45) is 5.92 Å². The molecule has 0 bridgehead atoms. The predicted octanol–water partition coefficient (Wildman–Crippen LogP) is 1.83. The lowest BCUT2D eigenvalue weighted by Crippen LogP contribution is -2.40. The molecule has 0 spiro atoms. The summed E-state index contributed by atoms with van der Waals surface area (Å²) in [4.78, 5) is 24.7. The van der Waals surface area contributed by atoms with E-state index in [4.69, 9.17) is 4.74 Å². The molecule has 1 rings (SSSR count). The largest absolute Gasteiger partial charge is 0.444 e. The van der Waals surface area contributed by atoms with Crippen molar-refractivity contribution in [1.29, 1.82) is 0 Å². The van der Waals surface area contributed by atoms with Crippen LogP contribution in [0.2, 0.25) is 0 Å². The van der Waals surface area contributed by atoms with Crippen molar-refractivity contribution in [2.75, 3.05) is 6.54 Å². The summed E-state index contributed by atoms with van der Waals surface area (Å²) in [6, 6.07) is -0.352. The normalized spacial score (nSPS) is 27.0. The molecule has 15 heavy (non-hydrogen) atoms. The first-order valence-corrected chi connectivity index (χ1v) is 5.25. The number of likely N-dealkylation sites (tertiary alicyclic amines) is 1. The first-order valence-electron chi connectivity index (χ1n) is 5.25. The third kappa shape index (κ3) is 2.70. The molecular formula is C11H19NO3. The van der Waals surface area contributed by atoms with Gasteiger partial charge in [0.05, 0.1) is 6.04 Å². The Morgan fingerprint density at radius 1 is 1.40 bits per heavy atom. The smallest absolute Gasteiger partial charge is 0.410 e. The highest BCUT2D eigenvalue weighted by molar-refractivity contribution is 5.92. The molecule has 0 saturated carbocycles. The summed E-state index contributed by atoms with van der Waals surface area (Å²) in [7, 11) is 0. The fraction of sp³-hybridized carbons (Fsp3) is 0.818. The minimum atomic E-state index is -0.508. The monoisotopic (exact) mass is 213 g/mol. The number of hydrogen-bond acceptors (Lipinski definition) is 3. The second-order valence-electron chi connectivity index (χ2n) is 5.11. The van der Waals surface area contributed by atoms with E-state index in [1.807, 2.05) is 27.7 Å². The van der Waals surface area contributed by atoms with Gasteiger partial charge in [-0.25, -0.2) is 4.79 Å². The molecule has 1 saturated heterocycles. The van der Waals surface area contributed by atoms with Gasteiger partial charge in [0.25, 0.3) is 0 Å². The Hall–Kier alpha value is -1.06. The highest BCUT2D eigenvalue weighted by Gasteiger charge is 2.39. The molecule has 1 aliphatic rings. The number of amides is 1. The van der Waals surface area contributed by atoms with Crippen molar-refractivity contribution in [3.63, 3.8) is 0 Å². The molecule has 1 fully saturated rings. The lowest BCUT2D eigenvalue weighted by Gasteiger charge is -2.26. The molecule has 0 N–H and O–H groups in total. The molecule has 0 aromatic heterocycles. The molecule has 2 unspecified atom stereocenters. The molecule has 0 aromatic carbocycles. The van der Waals surface area contributed by atoms with Crippen molar-refractivity contribution >= 4 is 11.9 Å². The number of ether oxygens (including phenoxy) is 1. The number of ketones is 1. The summed E-state index contributed by atoms with van der Waals surface area (Å²) in [5, 5.41) is 0. The fourth-order valence-electron chi connectivity index (χ4n) is 1.66. The van der Waals surface area contributed by atoms with Crippen LogP contribution in [0.1, 0.15) is 34.6 Å². The maximum Gasteiger partial charge on any atom is 0.410 e. The van der Waals surface area contributed by atoms with Gasteiger partial charge in [-0.05, 0) is 27.7 Å². The Kier molecular flexibility index (Phi) is 3.07. The van der Waals surface area contributed by atoms with E-state index < -0.39 is 11.7 Å². The molecule has 4 heteroatoms. The van der Waals surface area contributed by atoms with Gasteiger partial charge in [0, 0.05) is 12.5 Å². The lowest BCUT2D eigenvalue weighted by atomic mass is 10.1. The first kappa shape index (κ1) is 12.0. The third-order valence-corrected chi connectivity index (χ3v) is 2.46. The Labute approximate surface area is 90.6 Å². The van der Waals surface area contributed by atoms with E-state index in [9.17, 15) is 9.59 Å². The zero-order valence-corrected chi connectivity index (χ0v) is 10.0.